The smallest absolute Gasteiger partial charge is 0.282 e. The van der Waals surface area contributed by atoms with Crippen LogP contribution >= 0.6 is 11.3 Å². The standard InChI is InChI=1S/C23H23FN4OS/c24-17-8-5-15(6-9-17)13-25-22(29)23-27-26-21(30-23)14-28(18-10-11-18)20-12-7-16-3-1-2-4-19(16)20/h1-6,8-9,18,20H,7,10-14H2,(H,25,29)/t20-/m1/s1. The molecular weight excluding hydrogens is 399 g/mol. The van der Waals surface area contributed by atoms with E-state index >= 15 is 0 Å². The Labute approximate surface area is 179 Å². The number of rotatable bonds is 7. The first kappa shape index (κ1) is 19.3. The molecular formula is C23H23FN4OS. The Hall–Kier alpha value is -2.64. The van der Waals surface area contributed by atoms with Gasteiger partial charge in [0.05, 0.1) is 6.54 Å². The summed E-state index contributed by atoms with van der Waals surface area (Å²) in [5, 5.41) is 12.5. The third-order valence-electron chi connectivity index (χ3n) is 5.86. The van der Waals surface area contributed by atoms with Gasteiger partial charge in [-0.05, 0) is 54.5 Å². The molecule has 5 nitrogen and oxygen atoms in total. The third kappa shape index (κ3) is 4.13. The molecule has 154 valence electrons. The molecule has 1 saturated carbocycles. The van der Waals surface area contributed by atoms with Gasteiger partial charge in [-0.3, -0.25) is 9.69 Å². The second-order valence-electron chi connectivity index (χ2n) is 7.97. The summed E-state index contributed by atoms with van der Waals surface area (Å²) < 4.78 is 13.0. The number of hydrogen-bond acceptors (Lipinski definition) is 5. The predicted octanol–water partition coefficient (Wildman–Crippen LogP) is 4.26. The van der Waals surface area contributed by atoms with Gasteiger partial charge in [0, 0.05) is 18.6 Å². The molecule has 1 amide bonds. The van der Waals surface area contributed by atoms with Crippen molar-refractivity contribution in [1.29, 1.82) is 0 Å². The number of carbonyl (C=O) groups is 1. The minimum Gasteiger partial charge on any atom is -0.346 e. The third-order valence-corrected chi connectivity index (χ3v) is 6.77. The van der Waals surface area contributed by atoms with Gasteiger partial charge < -0.3 is 5.32 Å². The Bertz CT molecular complexity index is 1050. The zero-order valence-corrected chi connectivity index (χ0v) is 17.4. The van der Waals surface area contributed by atoms with Crippen molar-refractivity contribution in [1.82, 2.24) is 20.4 Å². The summed E-state index contributed by atoms with van der Waals surface area (Å²) in [6.07, 6.45) is 4.71. The van der Waals surface area contributed by atoms with Crippen molar-refractivity contribution in [2.75, 3.05) is 0 Å². The normalized spacial score (nSPS) is 17.9. The number of fused-ring (bicyclic) bond motifs is 1. The molecule has 1 N–H and O–H groups in total. The van der Waals surface area contributed by atoms with Gasteiger partial charge in [-0.2, -0.15) is 0 Å². The van der Waals surface area contributed by atoms with Crippen molar-refractivity contribution in [3.05, 3.63) is 81.1 Å². The Morgan fingerprint density at radius 3 is 2.70 bits per heavy atom. The molecule has 0 unspecified atom stereocenters. The predicted molar refractivity (Wildman–Crippen MR) is 114 cm³/mol. The van der Waals surface area contributed by atoms with E-state index in [1.54, 1.807) is 12.1 Å². The number of aryl methyl sites for hydroxylation is 1. The van der Waals surface area contributed by atoms with Crippen molar-refractivity contribution < 1.29 is 9.18 Å². The highest BCUT2D eigenvalue weighted by Gasteiger charge is 2.38. The number of halogens is 1. The van der Waals surface area contributed by atoms with Crippen LogP contribution in [0.4, 0.5) is 4.39 Å². The molecule has 30 heavy (non-hydrogen) atoms. The molecule has 0 bridgehead atoms. The number of aromatic nitrogens is 2. The summed E-state index contributed by atoms with van der Waals surface area (Å²) in [5.74, 6) is -0.531. The van der Waals surface area contributed by atoms with Crippen molar-refractivity contribution in [3.63, 3.8) is 0 Å². The van der Waals surface area contributed by atoms with Crippen LogP contribution in [0.1, 0.15) is 56.8 Å². The lowest BCUT2D eigenvalue weighted by atomic mass is 10.1. The summed E-state index contributed by atoms with van der Waals surface area (Å²) in [6.45, 7) is 1.06. The maximum atomic E-state index is 13.0. The van der Waals surface area contributed by atoms with Gasteiger partial charge in [0.15, 0.2) is 0 Å². The van der Waals surface area contributed by atoms with Crippen LogP contribution in [0.25, 0.3) is 0 Å². The van der Waals surface area contributed by atoms with Crippen LogP contribution in [0.2, 0.25) is 0 Å². The first-order chi connectivity index (χ1) is 14.7. The van der Waals surface area contributed by atoms with Gasteiger partial charge in [0.1, 0.15) is 10.8 Å². The van der Waals surface area contributed by atoms with E-state index < -0.39 is 0 Å². The van der Waals surface area contributed by atoms with Crippen LogP contribution < -0.4 is 5.32 Å². The van der Waals surface area contributed by atoms with Crippen LogP contribution in [0, 0.1) is 5.82 Å². The highest BCUT2D eigenvalue weighted by Crippen LogP contribution is 2.42. The van der Waals surface area contributed by atoms with Crippen molar-refractivity contribution >= 4 is 17.2 Å². The Morgan fingerprint density at radius 2 is 1.90 bits per heavy atom. The Kier molecular flexibility index (Phi) is 5.31. The molecule has 3 aromatic rings. The van der Waals surface area contributed by atoms with Gasteiger partial charge >= 0.3 is 0 Å². The zero-order chi connectivity index (χ0) is 20.5. The number of amides is 1. The average molecular weight is 423 g/mol. The number of nitrogens with one attached hydrogen (secondary N) is 1. The molecule has 1 aromatic heterocycles. The molecule has 5 rings (SSSR count). The number of carbonyl (C=O) groups excluding carboxylic acids is 1. The van der Waals surface area contributed by atoms with Crippen LogP contribution in [0.3, 0.4) is 0 Å². The van der Waals surface area contributed by atoms with E-state index in [2.05, 4.69) is 44.7 Å². The van der Waals surface area contributed by atoms with Crippen LogP contribution in [0.5, 0.6) is 0 Å². The molecule has 2 aromatic carbocycles. The lowest BCUT2D eigenvalue weighted by molar-refractivity contribution is 0.0950. The summed E-state index contributed by atoms with van der Waals surface area (Å²) in [7, 11) is 0. The molecule has 1 fully saturated rings. The van der Waals surface area contributed by atoms with Crippen molar-refractivity contribution in [3.8, 4) is 0 Å². The van der Waals surface area contributed by atoms with Gasteiger partial charge in [-0.1, -0.05) is 47.7 Å². The molecule has 7 heteroatoms. The van der Waals surface area contributed by atoms with Gasteiger partial charge in [-0.15, -0.1) is 10.2 Å². The second kappa shape index (κ2) is 8.24. The number of hydrogen-bond donors (Lipinski definition) is 1. The molecule has 2 aliphatic carbocycles. The quantitative estimate of drug-likeness (QED) is 0.618. The fourth-order valence-corrected chi connectivity index (χ4v) is 4.97. The number of nitrogens with zero attached hydrogens (tertiary/aromatic N) is 3. The van der Waals surface area contributed by atoms with Gasteiger partial charge in [0.25, 0.3) is 5.91 Å². The van der Waals surface area contributed by atoms with Crippen molar-refractivity contribution in [2.24, 2.45) is 0 Å². The molecule has 1 heterocycles. The van der Waals surface area contributed by atoms with Gasteiger partial charge in [-0.25, -0.2) is 4.39 Å². The monoisotopic (exact) mass is 422 g/mol. The average Bonchev–Trinajstić information content (AvgIpc) is 3.35. The minimum absolute atomic E-state index is 0.243. The first-order valence-corrected chi connectivity index (χ1v) is 11.2. The number of benzene rings is 2. The van der Waals surface area contributed by atoms with E-state index in [0.29, 0.717) is 23.6 Å². The van der Waals surface area contributed by atoms with E-state index in [4.69, 9.17) is 0 Å². The summed E-state index contributed by atoms with van der Waals surface area (Å²) in [6, 6.07) is 15.8. The maximum absolute atomic E-state index is 13.0. The lowest BCUT2D eigenvalue weighted by Gasteiger charge is -2.28. The molecule has 2 aliphatic rings. The summed E-state index contributed by atoms with van der Waals surface area (Å²) in [5.41, 5.74) is 3.73. The minimum atomic E-state index is -0.288. The summed E-state index contributed by atoms with van der Waals surface area (Å²) >= 11 is 1.36. The van der Waals surface area contributed by atoms with E-state index in [-0.39, 0.29) is 11.7 Å². The maximum Gasteiger partial charge on any atom is 0.282 e. The summed E-state index contributed by atoms with van der Waals surface area (Å²) in [4.78, 5) is 15.0. The van der Waals surface area contributed by atoms with Crippen LogP contribution in [-0.2, 0) is 19.5 Å². The van der Waals surface area contributed by atoms with Crippen LogP contribution in [0.15, 0.2) is 48.5 Å². The second-order valence-corrected chi connectivity index (χ2v) is 9.03. The zero-order valence-electron chi connectivity index (χ0n) is 16.6. The molecule has 0 radical (unpaired) electrons. The van der Waals surface area contributed by atoms with Crippen molar-refractivity contribution in [2.45, 2.75) is 50.9 Å². The SMILES string of the molecule is O=C(NCc1ccc(F)cc1)c1nnc(CN(C2CC2)[C@@H]2CCc3ccccc32)s1. The Balaban J connectivity index is 1.24. The van der Waals surface area contributed by atoms with Gasteiger partial charge in [0.2, 0.25) is 5.01 Å². The lowest BCUT2D eigenvalue weighted by Crippen LogP contribution is -2.29. The molecule has 0 aliphatic heterocycles. The Morgan fingerprint density at radius 1 is 1.10 bits per heavy atom. The molecule has 1 atom stereocenters. The van der Waals surface area contributed by atoms with E-state index in [1.165, 1.54) is 47.4 Å². The van der Waals surface area contributed by atoms with E-state index in [1.807, 2.05) is 0 Å². The fourth-order valence-electron chi connectivity index (χ4n) is 4.20. The van der Waals surface area contributed by atoms with E-state index in [9.17, 15) is 9.18 Å². The fraction of sp³-hybridized carbons (Fsp3) is 0.348. The molecule has 0 spiro atoms. The van der Waals surface area contributed by atoms with E-state index in [0.717, 1.165) is 30.0 Å². The highest BCUT2D eigenvalue weighted by atomic mass is 32.1. The largest absolute Gasteiger partial charge is 0.346 e. The molecule has 0 saturated heterocycles. The first-order valence-electron chi connectivity index (χ1n) is 10.4. The highest BCUT2D eigenvalue weighted by molar-refractivity contribution is 7.13. The topological polar surface area (TPSA) is 58.1 Å². The van der Waals surface area contributed by atoms with Crippen LogP contribution in [-0.4, -0.2) is 27.0 Å².